The third-order valence-electron chi connectivity index (χ3n) is 10.7. The minimum atomic E-state index is 0.642. The van der Waals surface area contributed by atoms with Crippen molar-refractivity contribution in [3.05, 3.63) is 194 Å². The maximum atomic E-state index is 6.19. The van der Waals surface area contributed by atoms with Gasteiger partial charge in [-0.05, 0) is 70.8 Å². The monoisotopic (exact) mass is 716 g/mol. The van der Waals surface area contributed by atoms with Gasteiger partial charge in [-0.2, -0.15) is 0 Å². The Morgan fingerprint density at radius 1 is 0.304 bits per heavy atom. The first kappa shape index (κ1) is 31.9. The third kappa shape index (κ3) is 5.45. The summed E-state index contributed by atoms with van der Waals surface area (Å²) in [6.45, 7) is 0. The van der Waals surface area contributed by atoms with Gasteiger partial charge < -0.3 is 8.98 Å². The summed E-state index contributed by atoms with van der Waals surface area (Å²) in [6.07, 6.45) is 0. The van der Waals surface area contributed by atoms with Crippen LogP contribution in [0, 0.1) is 0 Å². The molecule has 11 rings (SSSR count). The lowest BCUT2D eigenvalue weighted by Gasteiger charge is -2.10. The Bertz CT molecular complexity index is 3160. The Hall–Kier alpha value is -7.63. The highest BCUT2D eigenvalue weighted by Gasteiger charge is 2.16. The van der Waals surface area contributed by atoms with Gasteiger partial charge in [0.05, 0.1) is 11.0 Å². The fourth-order valence-corrected chi connectivity index (χ4v) is 7.89. The second-order valence-electron chi connectivity index (χ2n) is 14.1. The van der Waals surface area contributed by atoms with Gasteiger partial charge in [0.1, 0.15) is 11.2 Å². The molecule has 0 saturated heterocycles. The van der Waals surface area contributed by atoms with Crippen molar-refractivity contribution in [1.29, 1.82) is 0 Å². The van der Waals surface area contributed by atoms with Gasteiger partial charge in [-0.1, -0.05) is 146 Å². The van der Waals surface area contributed by atoms with Crippen LogP contribution in [0.4, 0.5) is 0 Å². The molecule has 5 heteroatoms. The molecule has 0 aliphatic rings. The van der Waals surface area contributed by atoms with Crippen LogP contribution < -0.4 is 0 Å². The molecule has 0 bridgehead atoms. The van der Waals surface area contributed by atoms with Gasteiger partial charge >= 0.3 is 0 Å². The van der Waals surface area contributed by atoms with Crippen LogP contribution in [-0.4, -0.2) is 19.5 Å². The molecular formula is C51H32N4O. The number of nitrogens with zero attached hydrogens (tertiary/aromatic N) is 4. The molecule has 3 aromatic heterocycles. The largest absolute Gasteiger partial charge is 0.456 e. The van der Waals surface area contributed by atoms with E-state index in [1.165, 1.54) is 16.3 Å². The second kappa shape index (κ2) is 13.0. The summed E-state index contributed by atoms with van der Waals surface area (Å²) in [5, 5.41) is 4.71. The van der Waals surface area contributed by atoms with Crippen LogP contribution in [0.5, 0.6) is 0 Å². The highest BCUT2D eigenvalue weighted by molar-refractivity contribution is 6.10. The van der Waals surface area contributed by atoms with Crippen LogP contribution >= 0.6 is 0 Å². The van der Waals surface area contributed by atoms with Crippen molar-refractivity contribution in [1.82, 2.24) is 19.5 Å². The number of fused-ring (bicyclic) bond motifs is 6. The molecule has 0 unspecified atom stereocenters. The molecule has 0 amide bonds. The minimum absolute atomic E-state index is 0.642. The van der Waals surface area contributed by atoms with Gasteiger partial charge in [0.15, 0.2) is 17.5 Å². The predicted octanol–water partition coefficient (Wildman–Crippen LogP) is 13.2. The fourth-order valence-electron chi connectivity index (χ4n) is 7.89. The first-order valence-corrected chi connectivity index (χ1v) is 18.8. The molecule has 0 aliphatic carbocycles. The summed E-state index contributed by atoms with van der Waals surface area (Å²) < 4.78 is 8.55. The lowest BCUT2D eigenvalue weighted by atomic mass is 10.0. The van der Waals surface area contributed by atoms with Gasteiger partial charge in [-0.25, -0.2) is 15.0 Å². The zero-order valence-electron chi connectivity index (χ0n) is 30.2. The first-order chi connectivity index (χ1) is 27.7. The van der Waals surface area contributed by atoms with Gasteiger partial charge in [0.25, 0.3) is 0 Å². The van der Waals surface area contributed by atoms with Crippen LogP contribution in [0.1, 0.15) is 0 Å². The molecule has 0 fully saturated rings. The van der Waals surface area contributed by atoms with E-state index >= 15 is 0 Å². The van der Waals surface area contributed by atoms with Crippen molar-refractivity contribution in [2.75, 3.05) is 0 Å². The molecule has 0 N–H and O–H groups in total. The summed E-state index contributed by atoms with van der Waals surface area (Å²) in [5.74, 6) is 1.95. The van der Waals surface area contributed by atoms with Crippen LogP contribution in [0.15, 0.2) is 199 Å². The van der Waals surface area contributed by atoms with Gasteiger partial charge in [0, 0.05) is 43.9 Å². The van der Waals surface area contributed by atoms with Crippen molar-refractivity contribution in [2.24, 2.45) is 0 Å². The molecular weight excluding hydrogens is 685 g/mol. The van der Waals surface area contributed by atoms with Crippen molar-refractivity contribution in [2.45, 2.75) is 0 Å². The first-order valence-electron chi connectivity index (χ1n) is 18.8. The normalized spacial score (nSPS) is 11.6. The predicted molar refractivity (Wildman–Crippen MR) is 229 cm³/mol. The number of benzene rings is 8. The number of aromatic nitrogens is 4. The Morgan fingerprint density at radius 3 is 1.45 bits per heavy atom. The quantitative estimate of drug-likeness (QED) is 0.172. The topological polar surface area (TPSA) is 56.7 Å². The Labute approximate surface area is 322 Å². The number of hydrogen-bond donors (Lipinski definition) is 0. The Balaban J connectivity index is 0.939. The van der Waals surface area contributed by atoms with E-state index in [0.29, 0.717) is 17.5 Å². The number of para-hydroxylation sites is 2. The molecule has 8 aromatic carbocycles. The number of hydrogen-bond acceptors (Lipinski definition) is 4. The summed E-state index contributed by atoms with van der Waals surface area (Å²) in [4.78, 5) is 14.7. The number of furan rings is 1. The molecule has 0 radical (unpaired) electrons. The van der Waals surface area contributed by atoms with Gasteiger partial charge in [-0.15, -0.1) is 0 Å². The van der Waals surface area contributed by atoms with E-state index < -0.39 is 0 Å². The summed E-state index contributed by atoms with van der Waals surface area (Å²) in [7, 11) is 0. The van der Waals surface area contributed by atoms with Crippen LogP contribution in [0.3, 0.4) is 0 Å². The zero-order valence-corrected chi connectivity index (χ0v) is 30.2. The van der Waals surface area contributed by atoms with Crippen molar-refractivity contribution >= 4 is 43.7 Å². The molecule has 0 spiro atoms. The van der Waals surface area contributed by atoms with Crippen molar-refractivity contribution in [3.8, 4) is 62.1 Å². The van der Waals surface area contributed by atoms with Crippen molar-refractivity contribution in [3.63, 3.8) is 0 Å². The van der Waals surface area contributed by atoms with E-state index in [0.717, 1.165) is 72.1 Å². The van der Waals surface area contributed by atoms with E-state index in [4.69, 9.17) is 19.4 Å². The molecule has 0 saturated carbocycles. The highest BCUT2D eigenvalue weighted by Crippen LogP contribution is 2.37. The maximum Gasteiger partial charge on any atom is 0.164 e. The van der Waals surface area contributed by atoms with Crippen LogP contribution in [0.25, 0.3) is 106 Å². The lowest BCUT2D eigenvalue weighted by Crippen LogP contribution is -2.00. The SMILES string of the molecule is c1ccc(-c2nc(-c3ccccc3)nc(-c3ccc(-c4ccc5c(c4)c4ccccc4n5-c4ccc(-c5ccc6c(c5)oc5ccccc56)cc4)cc3)n2)cc1. The standard InChI is InChI=1S/C51H32N4O/c1-3-11-35(12-4-1)49-52-50(36-13-5-2-6-14-36)54-51(53-49)37-21-19-33(20-22-37)38-26-30-46-44(31-38)41-15-7-9-17-45(41)55(46)40-27-23-34(24-28-40)39-25-29-43-42-16-8-10-18-47(42)56-48(43)32-39/h1-32H. The average Bonchev–Trinajstić information content (AvgIpc) is 3.82. The van der Waals surface area contributed by atoms with Crippen molar-refractivity contribution < 1.29 is 4.42 Å². The molecule has 262 valence electrons. The average molecular weight is 717 g/mol. The van der Waals surface area contributed by atoms with Crippen LogP contribution in [0.2, 0.25) is 0 Å². The number of rotatable bonds is 6. The molecule has 0 aliphatic heterocycles. The molecule has 0 atom stereocenters. The second-order valence-corrected chi connectivity index (χ2v) is 14.1. The zero-order chi connectivity index (χ0) is 37.0. The fraction of sp³-hybridized carbons (Fsp3) is 0. The molecule has 11 aromatic rings. The van der Waals surface area contributed by atoms with E-state index in [1.807, 2.05) is 72.8 Å². The molecule has 5 nitrogen and oxygen atoms in total. The smallest absolute Gasteiger partial charge is 0.164 e. The summed E-state index contributed by atoms with van der Waals surface area (Å²) >= 11 is 0. The van der Waals surface area contributed by atoms with E-state index in [2.05, 4.69) is 126 Å². The van der Waals surface area contributed by atoms with Crippen LogP contribution in [-0.2, 0) is 0 Å². The Morgan fingerprint density at radius 2 is 0.768 bits per heavy atom. The minimum Gasteiger partial charge on any atom is -0.456 e. The maximum absolute atomic E-state index is 6.19. The molecule has 3 heterocycles. The molecule has 56 heavy (non-hydrogen) atoms. The van der Waals surface area contributed by atoms with E-state index in [1.54, 1.807) is 0 Å². The lowest BCUT2D eigenvalue weighted by molar-refractivity contribution is 0.669. The summed E-state index contributed by atoms with van der Waals surface area (Å²) in [5.41, 5.74) is 12.7. The van der Waals surface area contributed by atoms with Gasteiger partial charge in [-0.3, -0.25) is 0 Å². The highest BCUT2D eigenvalue weighted by atomic mass is 16.3. The third-order valence-corrected chi connectivity index (χ3v) is 10.7. The van der Waals surface area contributed by atoms with E-state index in [-0.39, 0.29) is 0 Å². The Kier molecular flexibility index (Phi) is 7.42. The van der Waals surface area contributed by atoms with Gasteiger partial charge in [0.2, 0.25) is 0 Å². The summed E-state index contributed by atoms with van der Waals surface area (Å²) in [6, 6.07) is 67.6. The van der Waals surface area contributed by atoms with E-state index in [9.17, 15) is 0 Å².